The summed E-state index contributed by atoms with van der Waals surface area (Å²) in [5.41, 5.74) is 9.73. The molecular weight excluding hydrogens is 520 g/mol. The average molecular weight is 557 g/mol. The van der Waals surface area contributed by atoms with Crippen LogP contribution < -0.4 is 11.1 Å². The van der Waals surface area contributed by atoms with Crippen molar-refractivity contribution in [3.05, 3.63) is 131 Å². The number of hydrogen-bond donors (Lipinski definition) is 2. The number of carbonyl (C=O) groups excluding carboxylic acids is 2. The summed E-state index contributed by atoms with van der Waals surface area (Å²) in [7, 11) is 0. The van der Waals surface area contributed by atoms with E-state index in [4.69, 9.17) is 17.3 Å². The minimum absolute atomic E-state index is 0.0164. The highest BCUT2D eigenvalue weighted by Gasteiger charge is 2.31. The molecule has 3 aromatic carbocycles. The van der Waals surface area contributed by atoms with E-state index in [0.717, 1.165) is 42.9 Å². The number of nitrogens with two attached hydrogens (primary N) is 1. The van der Waals surface area contributed by atoms with Crippen molar-refractivity contribution in [2.75, 3.05) is 19.6 Å². The van der Waals surface area contributed by atoms with Crippen LogP contribution in [0.15, 0.2) is 103 Å². The minimum atomic E-state index is -0.217. The molecule has 2 heterocycles. The highest BCUT2D eigenvalue weighted by atomic mass is 35.5. The average Bonchev–Trinajstić information content (AvgIpc) is 3.44. The number of benzene rings is 3. The lowest BCUT2D eigenvalue weighted by molar-refractivity contribution is -0.123. The Morgan fingerprint density at radius 2 is 1.48 bits per heavy atom. The van der Waals surface area contributed by atoms with E-state index in [1.54, 1.807) is 0 Å². The summed E-state index contributed by atoms with van der Waals surface area (Å²) >= 11 is 6.51. The number of hydrogen-bond acceptors (Lipinski definition) is 3. The second kappa shape index (κ2) is 15.1. The molecule has 1 atom stereocenters. The summed E-state index contributed by atoms with van der Waals surface area (Å²) in [4.78, 5) is 25.2. The van der Waals surface area contributed by atoms with Crippen LogP contribution in [-0.4, -0.2) is 40.9 Å². The van der Waals surface area contributed by atoms with E-state index in [-0.39, 0.29) is 17.9 Å². The Bertz CT molecular complexity index is 1360. The highest BCUT2D eigenvalue weighted by molar-refractivity contribution is 6.31. The van der Waals surface area contributed by atoms with Gasteiger partial charge in [-0.25, -0.2) is 0 Å². The molecule has 0 saturated heterocycles. The maximum atomic E-state index is 12.6. The lowest BCUT2D eigenvalue weighted by Gasteiger charge is -2.37. The Morgan fingerprint density at radius 1 is 0.825 bits per heavy atom. The van der Waals surface area contributed by atoms with Gasteiger partial charge < -0.3 is 15.6 Å². The molecule has 40 heavy (non-hydrogen) atoms. The van der Waals surface area contributed by atoms with Gasteiger partial charge >= 0.3 is 0 Å². The van der Waals surface area contributed by atoms with E-state index < -0.39 is 0 Å². The monoisotopic (exact) mass is 556 g/mol. The zero-order valence-corrected chi connectivity index (χ0v) is 23.5. The van der Waals surface area contributed by atoms with Crippen LogP contribution in [0.3, 0.4) is 0 Å². The van der Waals surface area contributed by atoms with Crippen LogP contribution >= 0.6 is 11.6 Å². The molecule has 7 heteroatoms. The SMILES string of the molecule is NC(=O)CCCc1ccccc1.O=C(CN1CCn2cccc2C1c1ccccc1Cl)NCCc1ccccc1. The van der Waals surface area contributed by atoms with Gasteiger partial charge in [0.25, 0.3) is 0 Å². The molecule has 0 fully saturated rings. The van der Waals surface area contributed by atoms with Gasteiger partial charge in [0.05, 0.1) is 12.6 Å². The number of nitrogens with one attached hydrogen (secondary N) is 1. The summed E-state index contributed by atoms with van der Waals surface area (Å²) in [5.74, 6) is -0.168. The van der Waals surface area contributed by atoms with Crippen molar-refractivity contribution >= 4 is 23.4 Å². The maximum Gasteiger partial charge on any atom is 0.234 e. The summed E-state index contributed by atoms with van der Waals surface area (Å²) < 4.78 is 2.25. The summed E-state index contributed by atoms with van der Waals surface area (Å²) in [6.07, 6.45) is 5.19. The number of carbonyl (C=O) groups is 2. The maximum absolute atomic E-state index is 12.6. The topological polar surface area (TPSA) is 80.4 Å². The summed E-state index contributed by atoms with van der Waals surface area (Å²) in [6, 6.07) is 32.4. The number of amides is 2. The van der Waals surface area contributed by atoms with Crippen LogP contribution in [0.1, 0.15) is 41.3 Å². The highest BCUT2D eigenvalue weighted by Crippen LogP contribution is 2.35. The molecule has 1 aliphatic rings. The first-order chi connectivity index (χ1) is 19.5. The number of rotatable bonds is 10. The van der Waals surface area contributed by atoms with Gasteiger partial charge in [0.2, 0.25) is 11.8 Å². The van der Waals surface area contributed by atoms with Crippen molar-refractivity contribution < 1.29 is 9.59 Å². The van der Waals surface area contributed by atoms with Gasteiger partial charge in [0.1, 0.15) is 0 Å². The van der Waals surface area contributed by atoms with Gasteiger partial charge in [-0.1, -0.05) is 90.5 Å². The molecule has 0 saturated carbocycles. The second-order valence-corrected chi connectivity index (χ2v) is 10.3. The van der Waals surface area contributed by atoms with Crippen molar-refractivity contribution in [2.24, 2.45) is 5.73 Å². The van der Waals surface area contributed by atoms with E-state index in [9.17, 15) is 9.59 Å². The van der Waals surface area contributed by atoms with Gasteiger partial charge in [-0.05, 0) is 54.2 Å². The Morgan fingerprint density at radius 3 is 2.15 bits per heavy atom. The van der Waals surface area contributed by atoms with Crippen LogP contribution in [0.2, 0.25) is 5.02 Å². The van der Waals surface area contributed by atoms with Crippen LogP contribution in [0.5, 0.6) is 0 Å². The third kappa shape index (κ3) is 8.57. The molecular formula is C33H37ClN4O2. The molecule has 1 aromatic heterocycles. The minimum Gasteiger partial charge on any atom is -0.370 e. The van der Waals surface area contributed by atoms with Crippen molar-refractivity contribution in [2.45, 2.75) is 38.3 Å². The van der Waals surface area contributed by atoms with Gasteiger partial charge in [-0.2, -0.15) is 0 Å². The van der Waals surface area contributed by atoms with Crippen LogP contribution in [-0.2, 0) is 29.0 Å². The Balaban J connectivity index is 0.000000259. The number of halogens is 1. The molecule has 4 aromatic rings. The molecule has 5 rings (SSSR count). The molecule has 1 unspecified atom stereocenters. The Hall–Kier alpha value is -3.87. The van der Waals surface area contributed by atoms with E-state index in [0.29, 0.717) is 19.5 Å². The second-order valence-electron chi connectivity index (χ2n) is 9.91. The lowest BCUT2D eigenvalue weighted by Crippen LogP contribution is -2.44. The Kier molecular flexibility index (Phi) is 11.0. The fraction of sp³-hybridized carbons (Fsp3) is 0.273. The van der Waals surface area contributed by atoms with Crippen LogP contribution in [0, 0.1) is 0 Å². The van der Waals surface area contributed by atoms with Crippen molar-refractivity contribution in [1.29, 1.82) is 0 Å². The first-order valence-electron chi connectivity index (χ1n) is 13.8. The van der Waals surface area contributed by atoms with Gasteiger partial charge in [0.15, 0.2) is 0 Å². The third-order valence-corrected chi connectivity index (χ3v) is 7.34. The number of fused-ring (bicyclic) bond motifs is 1. The molecule has 1 aliphatic heterocycles. The normalized spacial score (nSPS) is 14.5. The van der Waals surface area contributed by atoms with Crippen molar-refractivity contribution in [3.8, 4) is 0 Å². The number of nitrogens with zero attached hydrogens (tertiary/aromatic N) is 2. The first-order valence-corrected chi connectivity index (χ1v) is 14.2. The fourth-order valence-electron chi connectivity index (χ4n) is 5.00. The van der Waals surface area contributed by atoms with E-state index >= 15 is 0 Å². The zero-order valence-electron chi connectivity index (χ0n) is 22.7. The zero-order chi connectivity index (χ0) is 28.2. The van der Waals surface area contributed by atoms with Gasteiger partial charge in [0, 0.05) is 43.0 Å². The molecule has 6 nitrogen and oxygen atoms in total. The molecule has 2 amide bonds. The van der Waals surface area contributed by atoms with Gasteiger partial charge in [-0.3, -0.25) is 14.5 Å². The molecule has 3 N–H and O–H groups in total. The largest absolute Gasteiger partial charge is 0.370 e. The standard InChI is InChI=1S/C23H24ClN3O.C10H13NO/c24-20-10-5-4-9-19(20)23-21-11-6-14-26(21)15-16-27(23)17-22(28)25-13-12-18-7-2-1-3-8-18;11-10(12)8-4-7-9-5-2-1-3-6-9/h1-11,14,23H,12-13,15-17H2,(H,25,28);1-3,5-6H,4,7-8H2,(H2,11,12). The lowest BCUT2D eigenvalue weighted by atomic mass is 10.00. The smallest absolute Gasteiger partial charge is 0.234 e. The van der Waals surface area contributed by atoms with Crippen molar-refractivity contribution in [1.82, 2.24) is 14.8 Å². The predicted molar refractivity (Wildman–Crippen MR) is 161 cm³/mol. The first kappa shape index (κ1) is 29.1. The van der Waals surface area contributed by atoms with Crippen LogP contribution in [0.4, 0.5) is 0 Å². The van der Waals surface area contributed by atoms with Crippen molar-refractivity contribution in [3.63, 3.8) is 0 Å². The quantitative estimate of drug-likeness (QED) is 0.274. The molecule has 0 aliphatic carbocycles. The number of aromatic nitrogens is 1. The third-order valence-electron chi connectivity index (χ3n) is 6.99. The van der Waals surface area contributed by atoms with Gasteiger partial charge in [-0.15, -0.1) is 0 Å². The fourth-order valence-corrected chi connectivity index (χ4v) is 5.24. The molecule has 0 spiro atoms. The molecule has 0 radical (unpaired) electrons. The molecule has 208 valence electrons. The number of primary amides is 1. The van der Waals surface area contributed by atoms with Crippen LogP contribution in [0.25, 0.3) is 0 Å². The number of aryl methyl sites for hydroxylation is 1. The van der Waals surface area contributed by atoms with E-state index in [1.165, 1.54) is 16.8 Å². The predicted octanol–water partition coefficient (Wildman–Crippen LogP) is 5.40. The summed E-state index contributed by atoms with van der Waals surface area (Å²) in [6.45, 7) is 2.68. The van der Waals surface area contributed by atoms with E-state index in [2.05, 4.69) is 63.4 Å². The Labute approximate surface area is 241 Å². The molecule has 0 bridgehead atoms. The van der Waals surface area contributed by atoms with E-state index in [1.807, 2.05) is 54.6 Å². The summed E-state index contributed by atoms with van der Waals surface area (Å²) in [5, 5.41) is 3.80.